The Balaban J connectivity index is 2.01. The number of aliphatic hydroxyl groups is 1. The van der Waals surface area contributed by atoms with Gasteiger partial charge in [-0.15, -0.1) is 0 Å². The van der Waals surface area contributed by atoms with E-state index < -0.39 is 48.3 Å². The molecular formula is C17H24F6O3. The number of alkyl halides is 6. The molecule has 2 fully saturated rings. The molecule has 2 rings (SSSR count). The van der Waals surface area contributed by atoms with E-state index in [4.69, 9.17) is 4.74 Å². The minimum atomic E-state index is -5.79. The van der Waals surface area contributed by atoms with Crippen molar-refractivity contribution in [2.24, 2.45) is 29.6 Å². The zero-order chi connectivity index (χ0) is 20.1. The first-order valence-corrected chi connectivity index (χ1v) is 8.73. The number of halogens is 6. The van der Waals surface area contributed by atoms with Gasteiger partial charge in [0.15, 0.2) is 0 Å². The minimum absolute atomic E-state index is 0.0717. The van der Waals surface area contributed by atoms with Crippen LogP contribution in [-0.4, -0.2) is 35.1 Å². The van der Waals surface area contributed by atoms with Gasteiger partial charge in [0.05, 0.1) is 5.92 Å². The summed E-state index contributed by atoms with van der Waals surface area (Å²) in [6.07, 6.45) is -12.7. The second kappa shape index (κ2) is 6.87. The van der Waals surface area contributed by atoms with Gasteiger partial charge in [0.1, 0.15) is 6.10 Å². The number of carbonyl (C=O) groups is 1. The van der Waals surface area contributed by atoms with E-state index in [2.05, 4.69) is 0 Å². The van der Waals surface area contributed by atoms with Crippen LogP contribution in [0.1, 0.15) is 46.5 Å². The highest BCUT2D eigenvalue weighted by Gasteiger charge is 2.71. The molecule has 0 radical (unpaired) electrons. The number of carbonyl (C=O) groups excluding carboxylic acids is 1. The first kappa shape index (κ1) is 21.3. The van der Waals surface area contributed by atoms with Crippen LogP contribution in [0.2, 0.25) is 0 Å². The van der Waals surface area contributed by atoms with E-state index >= 15 is 0 Å². The maximum Gasteiger partial charge on any atom is 0.426 e. The molecule has 26 heavy (non-hydrogen) atoms. The van der Waals surface area contributed by atoms with Crippen LogP contribution in [0.25, 0.3) is 0 Å². The number of hydrogen-bond acceptors (Lipinski definition) is 3. The van der Waals surface area contributed by atoms with Gasteiger partial charge in [-0.25, -0.2) is 0 Å². The average Bonchev–Trinajstić information content (AvgIpc) is 3.03. The molecule has 2 aliphatic carbocycles. The normalized spacial score (nSPS) is 30.7. The zero-order valence-corrected chi connectivity index (χ0v) is 14.8. The maximum atomic E-state index is 12.9. The fourth-order valence-corrected chi connectivity index (χ4v) is 4.04. The van der Waals surface area contributed by atoms with Crippen molar-refractivity contribution < 1.29 is 41.0 Å². The molecule has 2 aliphatic rings. The van der Waals surface area contributed by atoms with E-state index in [1.807, 2.05) is 13.8 Å². The first-order chi connectivity index (χ1) is 11.7. The van der Waals surface area contributed by atoms with E-state index in [1.165, 1.54) is 0 Å². The van der Waals surface area contributed by atoms with Gasteiger partial charge in [-0.1, -0.05) is 20.8 Å². The second-order valence-electron chi connectivity index (χ2n) is 8.06. The van der Waals surface area contributed by atoms with Crippen molar-refractivity contribution in [1.82, 2.24) is 0 Å². The van der Waals surface area contributed by atoms with Crippen LogP contribution in [0.15, 0.2) is 0 Å². The molecule has 3 nitrogen and oxygen atoms in total. The molecule has 2 bridgehead atoms. The van der Waals surface area contributed by atoms with Gasteiger partial charge < -0.3 is 9.84 Å². The molecule has 2 saturated carbocycles. The van der Waals surface area contributed by atoms with Crippen LogP contribution >= 0.6 is 0 Å². The molecule has 0 heterocycles. The lowest BCUT2D eigenvalue weighted by Crippen LogP contribution is -2.58. The highest BCUT2D eigenvalue weighted by molar-refractivity contribution is 5.72. The van der Waals surface area contributed by atoms with Crippen molar-refractivity contribution in [3.8, 4) is 0 Å². The summed E-state index contributed by atoms with van der Waals surface area (Å²) in [6, 6.07) is 0. The Bertz CT molecular complexity index is 514. The van der Waals surface area contributed by atoms with Crippen LogP contribution in [0.3, 0.4) is 0 Å². The number of esters is 1. The third kappa shape index (κ3) is 3.82. The quantitative estimate of drug-likeness (QED) is 0.556. The average molecular weight is 390 g/mol. The van der Waals surface area contributed by atoms with Crippen LogP contribution in [-0.2, 0) is 9.53 Å². The summed E-state index contributed by atoms with van der Waals surface area (Å²) in [4.78, 5) is 12.0. The van der Waals surface area contributed by atoms with Crippen molar-refractivity contribution >= 4 is 5.97 Å². The van der Waals surface area contributed by atoms with Gasteiger partial charge >= 0.3 is 18.3 Å². The van der Waals surface area contributed by atoms with Crippen LogP contribution in [0, 0.1) is 29.6 Å². The molecule has 9 heteroatoms. The van der Waals surface area contributed by atoms with E-state index in [1.54, 1.807) is 6.92 Å². The maximum absolute atomic E-state index is 12.9. The van der Waals surface area contributed by atoms with Gasteiger partial charge in [-0.05, 0) is 49.4 Å². The van der Waals surface area contributed by atoms with Crippen molar-refractivity contribution in [2.45, 2.75) is 70.5 Å². The topological polar surface area (TPSA) is 46.5 Å². The largest absolute Gasteiger partial charge is 0.462 e. The SMILES string of the molecule is CC(C)C(C)C(=O)OC1CC2CC1CC2CC(O)(C(F)(F)F)C(F)(F)F. The Morgan fingerprint density at radius 2 is 1.54 bits per heavy atom. The summed E-state index contributed by atoms with van der Waals surface area (Å²) < 4.78 is 82.7. The molecule has 0 aromatic carbocycles. The standard InChI is InChI=1S/C17H24F6O3/c1-8(2)9(3)14(24)26-13-6-10-4-11(13)5-12(10)7-15(25,16(18,19)20)17(21,22)23/h8-13,25H,4-7H2,1-3H3. The summed E-state index contributed by atoms with van der Waals surface area (Å²) in [5.74, 6) is -2.21. The fourth-order valence-electron chi connectivity index (χ4n) is 4.04. The predicted molar refractivity (Wildman–Crippen MR) is 79.9 cm³/mol. The lowest BCUT2D eigenvalue weighted by molar-refractivity contribution is -0.373. The van der Waals surface area contributed by atoms with E-state index in [9.17, 15) is 36.2 Å². The third-order valence-electron chi connectivity index (χ3n) is 6.07. The Hall–Kier alpha value is -0.990. The summed E-state index contributed by atoms with van der Waals surface area (Å²) in [5, 5.41) is 9.38. The van der Waals surface area contributed by atoms with Crippen molar-refractivity contribution in [3.05, 3.63) is 0 Å². The lowest BCUT2D eigenvalue weighted by Gasteiger charge is -2.37. The predicted octanol–water partition coefficient (Wildman–Crippen LogP) is 4.48. The van der Waals surface area contributed by atoms with Gasteiger partial charge in [-0.3, -0.25) is 4.79 Å². The van der Waals surface area contributed by atoms with Crippen LogP contribution in [0.4, 0.5) is 26.3 Å². The Morgan fingerprint density at radius 1 is 1.00 bits per heavy atom. The highest BCUT2D eigenvalue weighted by Crippen LogP contribution is 2.56. The second-order valence-corrected chi connectivity index (χ2v) is 8.06. The monoisotopic (exact) mass is 390 g/mol. The van der Waals surface area contributed by atoms with E-state index in [0.29, 0.717) is 6.42 Å². The number of fused-ring (bicyclic) bond motifs is 2. The Labute approximate surface area is 148 Å². The summed E-state index contributed by atoms with van der Waals surface area (Å²) in [7, 11) is 0. The molecule has 152 valence electrons. The molecule has 0 saturated heterocycles. The number of rotatable bonds is 5. The lowest BCUT2D eigenvalue weighted by atomic mass is 9.78. The van der Waals surface area contributed by atoms with Crippen molar-refractivity contribution in [1.29, 1.82) is 0 Å². The van der Waals surface area contributed by atoms with E-state index in [0.717, 1.165) is 0 Å². The zero-order valence-electron chi connectivity index (χ0n) is 14.8. The minimum Gasteiger partial charge on any atom is -0.462 e. The molecule has 5 unspecified atom stereocenters. The molecule has 0 aromatic heterocycles. The summed E-state index contributed by atoms with van der Waals surface area (Å²) >= 11 is 0. The molecule has 0 spiro atoms. The Morgan fingerprint density at radius 3 is 1.92 bits per heavy atom. The number of hydrogen-bond donors (Lipinski definition) is 1. The summed E-state index contributed by atoms with van der Waals surface area (Å²) in [6.45, 7) is 5.44. The Kier molecular flexibility index (Phi) is 5.63. The van der Waals surface area contributed by atoms with Crippen molar-refractivity contribution in [3.63, 3.8) is 0 Å². The van der Waals surface area contributed by atoms with Gasteiger partial charge in [0.2, 0.25) is 0 Å². The van der Waals surface area contributed by atoms with Crippen molar-refractivity contribution in [2.75, 3.05) is 0 Å². The fraction of sp³-hybridized carbons (Fsp3) is 0.941. The molecule has 1 N–H and O–H groups in total. The molecular weight excluding hydrogens is 366 g/mol. The van der Waals surface area contributed by atoms with E-state index in [-0.39, 0.29) is 30.6 Å². The van der Waals surface area contributed by atoms with Gasteiger partial charge in [-0.2, -0.15) is 26.3 Å². The smallest absolute Gasteiger partial charge is 0.426 e. The molecule has 0 aliphatic heterocycles. The van der Waals surface area contributed by atoms with Crippen LogP contribution < -0.4 is 0 Å². The van der Waals surface area contributed by atoms with Gasteiger partial charge in [0.25, 0.3) is 5.60 Å². The molecule has 5 atom stereocenters. The summed E-state index contributed by atoms with van der Waals surface area (Å²) in [5.41, 5.74) is -4.70. The van der Waals surface area contributed by atoms with Gasteiger partial charge in [0, 0.05) is 0 Å². The first-order valence-electron chi connectivity index (χ1n) is 8.73. The highest BCUT2D eigenvalue weighted by atomic mass is 19.4. The molecule has 0 aromatic rings. The van der Waals surface area contributed by atoms with Crippen LogP contribution in [0.5, 0.6) is 0 Å². The third-order valence-corrected chi connectivity index (χ3v) is 6.07. The number of ether oxygens (including phenoxy) is 1. The molecule has 0 amide bonds.